The minimum atomic E-state index is 0.563. The summed E-state index contributed by atoms with van der Waals surface area (Å²) in [6.07, 6.45) is 0. The molecular formula is C49H27N3O2S. The Balaban J connectivity index is 1.12. The van der Waals surface area contributed by atoms with E-state index in [2.05, 4.69) is 121 Å². The fraction of sp³-hybridized carbons (Fsp3) is 0. The summed E-state index contributed by atoms with van der Waals surface area (Å²) in [6.45, 7) is 0. The molecule has 0 bridgehead atoms. The average molecular weight is 722 g/mol. The van der Waals surface area contributed by atoms with Crippen LogP contribution in [0.4, 0.5) is 0 Å². The van der Waals surface area contributed by atoms with Gasteiger partial charge < -0.3 is 8.83 Å². The monoisotopic (exact) mass is 721 g/mol. The smallest absolute Gasteiger partial charge is 0.164 e. The largest absolute Gasteiger partial charge is 0.456 e. The van der Waals surface area contributed by atoms with E-state index in [1.54, 1.807) is 0 Å². The van der Waals surface area contributed by atoms with Crippen LogP contribution in [0, 0.1) is 0 Å². The summed E-state index contributed by atoms with van der Waals surface area (Å²) in [5.74, 6) is 1.72. The molecule has 0 spiro atoms. The van der Waals surface area contributed by atoms with Crippen LogP contribution in [0.1, 0.15) is 0 Å². The second-order valence-electron chi connectivity index (χ2n) is 14.0. The molecule has 8 aromatic carbocycles. The van der Waals surface area contributed by atoms with Gasteiger partial charge in [0.05, 0.1) is 0 Å². The highest BCUT2D eigenvalue weighted by molar-refractivity contribution is 7.25. The van der Waals surface area contributed by atoms with Crippen LogP contribution in [0.3, 0.4) is 0 Å². The van der Waals surface area contributed by atoms with Gasteiger partial charge in [-0.25, -0.2) is 15.0 Å². The zero-order valence-electron chi connectivity index (χ0n) is 29.2. The topological polar surface area (TPSA) is 65.0 Å². The maximum absolute atomic E-state index is 6.59. The van der Waals surface area contributed by atoms with E-state index >= 15 is 0 Å². The van der Waals surface area contributed by atoms with Crippen LogP contribution in [-0.2, 0) is 0 Å². The highest BCUT2D eigenvalue weighted by atomic mass is 32.1. The van der Waals surface area contributed by atoms with E-state index in [9.17, 15) is 0 Å². The zero-order valence-corrected chi connectivity index (χ0v) is 30.0. The normalized spacial score (nSPS) is 12.0. The van der Waals surface area contributed by atoms with Crippen LogP contribution < -0.4 is 0 Å². The number of hydrogen-bond acceptors (Lipinski definition) is 6. The first-order valence-corrected chi connectivity index (χ1v) is 19.1. The number of benzene rings is 8. The molecule has 6 heteroatoms. The van der Waals surface area contributed by atoms with Gasteiger partial charge in [-0.3, -0.25) is 0 Å². The molecule has 0 amide bonds. The molecule has 4 aromatic heterocycles. The number of nitrogens with zero attached hydrogens (tertiary/aromatic N) is 3. The van der Waals surface area contributed by atoms with Gasteiger partial charge in [-0.05, 0) is 82.6 Å². The summed E-state index contributed by atoms with van der Waals surface area (Å²) in [4.78, 5) is 15.7. The fourth-order valence-electron chi connectivity index (χ4n) is 8.05. The van der Waals surface area contributed by atoms with Gasteiger partial charge in [0.15, 0.2) is 17.5 Å². The highest BCUT2D eigenvalue weighted by Gasteiger charge is 2.21. The fourth-order valence-corrected chi connectivity index (χ4v) is 9.14. The van der Waals surface area contributed by atoms with Gasteiger partial charge in [0, 0.05) is 58.4 Å². The van der Waals surface area contributed by atoms with Gasteiger partial charge in [0.2, 0.25) is 0 Å². The lowest BCUT2D eigenvalue weighted by atomic mass is 9.97. The summed E-state index contributed by atoms with van der Waals surface area (Å²) < 4.78 is 15.5. The Bertz CT molecular complexity index is 3520. The Kier molecular flexibility index (Phi) is 6.44. The van der Waals surface area contributed by atoms with E-state index in [1.807, 2.05) is 53.8 Å². The van der Waals surface area contributed by atoms with Gasteiger partial charge in [-0.15, -0.1) is 11.3 Å². The van der Waals surface area contributed by atoms with Crippen molar-refractivity contribution in [3.8, 4) is 45.3 Å². The number of fused-ring (bicyclic) bond motifs is 10. The van der Waals surface area contributed by atoms with Crippen molar-refractivity contribution in [2.24, 2.45) is 0 Å². The Labute approximate surface area is 317 Å². The third-order valence-corrected chi connectivity index (χ3v) is 11.9. The summed E-state index contributed by atoms with van der Waals surface area (Å²) in [6, 6.07) is 56.9. The molecule has 0 aliphatic heterocycles. The van der Waals surface area contributed by atoms with Crippen molar-refractivity contribution >= 4 is 86.2 Å². The van der Waals surface area contributed by atoms with Gasteiger partial charge in [-0.1, -0.05) is 103 Å². The number of thiophene rings is 1. The van der Waals surface area contributed by atoms with Crippen molar-refractivity contribution in [2.75, 3.05) is 0 Å². The van der Waals surface area contributed by atoms with Crippen molar-refractivity contribution in [3.05, 3.63) is 164 Å². The van der Waals surface area contributed by atoms with E-state index in [0.29, 0.717) is 17.5 Å². The molecule has 55 heavy (non-hydrogen) atoms. The standard InChI is InChI=1S/C49H27N3O2S/c1-2-10-29-23-31(18-17-28(29)9-1)47-50-48(32-19-21-35-34-11-3-6-14-40(34)53-42(35)26-32)52-49(51-47)39-25-33(27-43-46(39)37-13-4-7-15-41(37)54-43)30-20-22-45-38(24-30)36-12-5-8-16-44(36)55-45/h1-27H. The number of furan rings is 2. The van der Waals surface area contributed by atoms with Crippen LogP contribution in [0.25, 0.3) is 120 Å². The van der Waals surface area contributed by atoms with E-state index in [0.717, 1.165) is 82.5 Å². The maximum atomic E-state index is 6.59. The first kappa shape index (κ1) is 30.3. The van der Waals surface area contributed by atoms with Gasteiger partial charge in [0.25, 0.3) is 0 Å². The summed E-state index contributed by atoms with van der Waals surface area (Å²) in [5.41, 5.74) is 7.98. The lowest BCUT2D eigenvalue weighted by Crippen LogP contribution is -2.01. The molecular weight excluding hydrogens is 695 g/mol. The Morgan fingerprint density at radius 3 is 1.82 bits per heavy atom. The number of para-hydroxylation sites is 2. The second-order valence-corrected chi connectivity index (χ2v) is 15.1. The Morgan fingerprint density at radius 2 is 0.945 bits per heavy atom. The third kappa shape index (κ3) is 4.82. The first-order chi connectivity index (χ1) is 27.2. The SMILES string of the molecule is c1ccc2cc(-c3nc(-c4ccc5c(c4)oc4ccccc45)nc(-c4cc(-c5ccc6sc7ccccc7c6c5)cc5oc6ccccc6c45)n3)ccc2c1. The molecule has 4 heterocycles. The molecule has 0 radical (unpaired) electrons. The van der Waals surface area contributed by atoms with Crippen molar-refractivity contribution in [2.45, 2.75) is 0 Å². The zero-order chi connectivity index (χ0) is 36.0. The minimum absolute atomic E-state index is 0.563. The molecule has 0 saturated heterocycles. The molecule has 0 unspecified atom stereocenters. The van der Waals surface area contributed by atoms with Crippen molar-refractivity contribution in [3.63, 3.8) is 0 Å². The van der Waals surface area contributed by atoms with Crippen molar-refractivity contribution in [1.29, 1.82) is 0 Å². The second kappa shape index (κ2) is 11.7. The molecule has 12 aromatic rings. The Morgan fingerprint density at radius 1 is 0.345 bits per heavy atom. The van der Waals surface area contributed by atoms with E-state index in [4.69, 9.17) is 23.8 Å². The predicted octanol–water partition coefficient (Wildman–Crippen LogP) is 13.9. The van der Waals surface area contributed by atoms with Crippen molar-refractivity contribution in [1.82, 2.24) is 15.0 Å². The van der Waals surface area contributed by atoms with E-state index in [1.165, 1.54) is 20.2 Å². The van der Waals surface area contributed by atoms with Gasteiger partial charge in [0.1, 0.15) is 22.3 Å². The molecule has 0 atom stereocenters. The molecule has 0 aliphatic rings. The van der Waals surface area contributed by atoms with Gasteiger partial charge in [-0.2, -0.15) is 0 Å². The van der Waals surface area contributed by atoms with Crippen LogP contribution >= 0.6 is 11.3 Å². The molecule has 0 aliphatic carbocycles. The highest BCUT2D eigenvalue weighted by Crippen LogP contribution is 2.42. The summed E-state index contributed by atoms with van der Waals surface area (Å²) in [5, 5.41) is 8.89. The molecule has 256 valence electrons. The average Bonchev–Trinajstić information content (AvgIpc) is 3.93. The molecule has 5 nitrogen and oxygen atoms in total. The van der Waals surface area contributed by atoms with Crippen LogP contribution in [0.2, 0.25) is 0 Å². The first-order valence-electron chi connectivity index (χ1n) is 18.2. The lowest BCUT2D eigenvalue weighted by Gasteiger charge is -2.12. The molecule has 0 fully saturated rings. The maximum Gasteiger partial charge on any atom is 0.164 e. The van der Waals surface area contributed by atoms with Crippen molar-refractivity contribution < 1.29 is 8.83 Å². The van der Waals surface area contributed by atoms with Crippen LogP contribution in [-0.4, -0.2) is 15.0 Å². The van der Waals surface area contributed by atoms with E-state index in [-0.39, 0.29) is 0 Å². The molecule has 0 saturated carbocycles. The van der Waals surface area contributed by atoms with Crippen LogP contribution in [0.5, 0.6) is 0 Å². The number of aromatic nitrogens is 3. The lowest BCUT2D eigenvalue weighted by molar-refractivity contribution is 0.668. The number of rotatable bonds is 4. The number of hydrogen-bond donors (Lipinski definition) is 0. The van der Waals surface area contributed by atoms with Crippen LogP contribution in [0.15, 0.2) is 173 Å². The minimum Gasteiger partial charge on any atom is -0.456 e. The predicted molar refractivity (Wildman–Crippen MR) is 227 cm³/mol. The summed E-state index contributed by atoms with van der Waals surface area (Å²) in [7, 11) is 0. The quantitative estimate of drug-likeness (QED) is 0.181. The molecule has 0 N–H and O–H groups in total. The van der Waals surface area contributed by atoms with Gasteiger partial charge >= 0.3 is 0 Å². The summed E-state index contributed by atoms with van der Waals surface area (Å²) >= 11 is 1.82. The Hall–Kier alpha value is -7.15. The molecule has 12 rings (SSSR count). The third-order valence-electron chi connectivity index (χ3n) is 10.7. The van der Waals surface area contributed by atoms with E-state index < -0.39 is 0 Å².